The van der Waals surface area contributed by atoms with Crippen LogP contribution in [0.25, 0.3) is 0 Å². The molecule has 0 spiro atoms. The fourth-order valence-electron chi connectivity index (χ4n) is 1.87. The van der Waals surface area contributed by atoms with Gasteiger partial charge in [-0.05, 0) is 41.4 Å². The molecule has 20 heavy (non-hydrogen) atoms. The third-order valence-electron chi connectivity index (χ3n) is 3.05. The maximum atomic E-state index is 12.2. The Hall–Kier alpha value is -1.56. The van der Waals surface area contributed by atoms with E-state index in [9.17, 15) is 4.79 Å². The van der Waals surface area contributed by atoms with Crippen molar-refractivity contribution in [3.05, 3.63) is 45.2 Å². The second-order valence-corrected chi connectivity index (χ2v) is 5.43. The fourth-order valence-corrected chi connectivity index (χ4v) is 2.30. The molecule has 1 atom stereocenters. The van der Waals surface area contributed by atoms with Crippen molar-refractivity contribution in [1.29, 1.82) is 0 Å². The van der Waals surface area contributed by atoms with Crippen LogP contribution in [0.2, 0.25) is 0 Å². The second kappa shape index (κ2) is 6.74. The summed E-state index contributed by atoms with van der Waals surface area (Å²) in [6.07, 6.45) is 5.26. The summed E-state index contributed by atoms with van der Waals surface area (Å²) in [4.78, 5) is 12.2. The van der Waals surface area contributed by atoms with Crippen LogP contribution in [-0.4, -0.2) is 9.78 Å². The average molecular weight is 340 g/mol. The Morgan fingerprint density at radius 2 is 2.35 bits per heavy atom. The molecule has 0 aromatic carbocycles. The lowest BCUT2D eigenvalue weighted by Gasteiger charge is -2.14. The molecule has 2 aromatic heterocycles. The molecule has 0 aliphatic heterocycles. The molecule has 0 radical (unpaired) electrons. The van der Waals surface area contributed by atoms with E-state index >= 15 is 0 Å². The quantitative estimate of drug-likeness (QED) is 0.873. The zero-order valence-corrected chi connectivity index (χ0v) is 13.2. The molecule has 0 saturated carbocycles. The number of rotatable bonds is 6. The van der Waals surface area contributed by atoms with Gasteiger partial charge in [0.1, 0.15) is 10.2 Å². The smallest absolute Gasteiger partial charge is 0.283 e. The van der Waals surface area contributed by atoms with Gasteiger partial charge in [-0.2, -0.15) is 5.10 Å². The number of aromatic nitrogens is 2. The number of aryl methyl sites for hydroxylation is 1. The molecular weight excluding hydrogens is 322 g/mol. The highest BCUT2D eigenvalue weighted by atomic mass is 79.9. The van der Waals surface area contributed by atoms with Crippen molar-refractivity contribution in [2.45, 2.75) is 39.3 Å². The van der Waals surface area contributed by atoms with Gasteiger partial charge in [0.2, 0.25) is 0 Å². The van der Waals surface area contributed by atoms with Gasteiger partial charge in [-0.1, -0.05) is 13.3 Å². The summed E-state index contributed by atoms with van der Waals surface area (Å²) >= 11 is 3.35. The Bertz CT molecular complexity index is 607. The molecule has 0 aliphatic rings. The number of unbranched alkanes of at least 4 members (excludes halogenated alkanes) is 1. The summed E-state index contributed by atoms with van der Waals surface area (Å²) in [5, 5.41) is 7.41. The van der Waals surface area contributed by atoms with Crippen LogP contribution in [0.5, 0.6) is 0 Å². The number of hydrogen-bond donors (Lipinski definition) is 1. The monoisotopic (exact) mass is 339 g/mol. The Kier molecular flexibility index (Phi) is 5.00. The van der Waals surface area contributed by atoms with E-state index in [1.54, 1.807) is 12.5 Å². The first-order valence-electron chi connectivity index (χ1n) is 6.69. The SMILES string of the molecule is CCCCn1ncc(NC(C)c2ccco2)c(Br)c1=O. The van der Waals surface area contributed by atoms with E-state index in [4.69, 9.17) is 4.42 Å². The topological polar surface area (TPSA) is 60.1 Å². The van der Waals surface area contributed by atoms with Crippen LogP contribution in [0.15, 0.2) is 38.3 Å². The Morgan fingerprint density at radius 3 is 3.00 bits per heavy atom. The molecule has 2 rings (SSSR count). The largest absolute Gasteiger partial charge is 0.467 e. The molecule has 0 bridgehead atoms. The lowest BCUT2D eigenvalue weighted by atomic mass is 10.2. The van der Waals surface area contributed by atoms with Gasteiger partial charge in [0.05, 0.1) is 24.2 Å². The lowest BCUT2D eigenvalue weighted by Crippen LogP contribution is -2.25. The number of hydrogen-bond acceptors (Lipinski definition) is 4. The minimum atomic E-state index is -0.116. The van der Waals surface area contributed by atoms with Crippen LogP contribution < -0.4 is 10.9 Å². The first kappa shape index (κ1) is 14.8. The summed E-state index contributed by atoms with van der Waals surface area (Å²) in [6.45, 7) is 4.69. The van der Waals surface area contributed by atoms with E-state index in [1.165, 1.54) is 4.68 Å². The summed E-state index contributed by atoms with van der Waals surface area (Å²) in [6, 6.07) is 3.69. The van der Waals surface area contributed by atoms with E-state index < -0.39 is 0 Å². The molecule has 6 heteroatoms. The van der Waals surface area contributed by atoms with E-state index in [-0.39, 0.29) is 11.6 Å². The van der Waals surface area contributed by atoms with E-state index in [0.717, 1.165) is 18.6 Å². The highest BCUT2D eigenvalue weighted by Gasteiger charge is 2.13. The molecular formula is C14H18BrN3O2. The standard InChI is InChI=1S/C14H18BrN3O2/c1-3-4-7-18-14(19)13(15)11(9-16-18)17-10(2)12-6-5-8-20-12/h5-6,8-10,17H,3-4,7H2,1-2H3. The van der Waals surface area contributed by atoms with Crippen LogP contribution >= 0.6 is 15.9 Å². The predicted octanol–water partition coefficient (Wildman–Crippen LogP) is 3.57. The normalized spacial score (nSPS) is 12.3. The van der Waals surface area contributed by atoms with Crippen molar-refractivity contribution in [2.75, 3.05) is 5.32 Å². The van der Waals surface area contributed by atoms with Crippen molar-refractivity contribution in [1.82, 2.24) is 9.78 Å². The van der Waals surface area contributed by atoms with Gasteiger partial charge in [-0.3, -0.25) is 4.79 Å². The predicted molar refractivity (Wildman–Crippen MR) is 81.9 cm³/mol. The summed E-state index contributed by atoms with van der Waals surface area (Å²) < 4.78 is 7.32. The van der Waals surface area contributed by atoms with Crippen molar-refractivity contribution in [2.24, 2.45) is 0 Å². The van der Waals surface area contributed by atoms with Crippen molar-refractivity contribution >= 4 is 21.6 Å². The second-order valence-electron chi connectivity index (χ2n) is 4.64. The van der Waals surface area contributed by atoms with Crippen molar-refractivity contribution in [3.8, 4) is 0 Å². The van der Waals surface area contributed by atoms with E-state index in [0.29, 0.717) is 16.7 Å². The van der Waals surface area contributed by atoms with Crippen LogP contribution in [0.3, 0.4) is 0 Å². The molecule has 108 valence electrons. The Labute approximate surface area is 126 Å². The maximum absolute atomic E-state index is 12.2. The highest BCUT2D eigenvalue weighted by molar-refractivity contribution is 9.10. The van der Waals surface area contributed by atoms with Crippen molar-refractivity contribution < 1.29 is 4.42 Å². The zero-order chi connectivity index (χ0) is 14.5. The molecule has 0 fully saturated rings. The number of anilines is 1. The third kappa shape index (κ3) is 3.30. The molecule has 0 amide bonds. The summed E-state index contributed by atoms with van der Waals surface area (Å²) in [5.74, 6) is 0.812. The maximum Gasteiger partial charge on any atom is 0.283 e. The van der Waals surface area contributed by atoms with Gasteiger partial charge in [-0.15, -0.1) is 0 Å². The molecule has 2 heterocycles. The molecule has 5 nitrogen and oxygen atoms in total. The van der Waals surface area contributed by atoms with Crippen LogP contribution in [0.1, 0.15) is 38.5 Å². The van der Waals surface area contributed by atoms with Gasteiger partial charge < -0.3 is 9.73 Å². The highest BCUT2D eigenvalue weighted by Crippen LogP contribution is 2.23. The van der Waals surface area contributed by atoms with Crippen LogP contribution in [0, 0.1) is 0 Å². The fraction of sp³-hybridized carbons (Fsp3) is 0.429. The third-order valence-corrected chi connectivity index (χ3v) is 3.82. The number of nitrogens with zero attached hydrogens (tertiary/aromatic N) is 2. The van der Waals surface area contributed by atoms with Gasteiger partial charge >= 0.3 is 0 Å². The Morgan fingerprint density at radius 1 is 1.55 bits per heavy atom. The minimum absolute atomic E-state index is 0.0333. The van der Waals surface area contributed by atoms with E-state index in [1.807, 2.05) is 19.1 Å². The van der Waals surface area contributed by atoms with Gasteiger partial charge in [-0.25, -0.2) is 4.68 Å². The minimum Gasteiger partial charge on any atom is -0.467 e. The lowest BCUT2D eigenvalue weighted by molar-refractivity contribution is 0.490. The van der Waals surface area contributed by atoms with Crippen LogP contribution in [0.4, 0.5) is 5.69 Å². The number of furan rings is 1. The zero-order valence-electron chi connectivity index (χ0n) is 11.6. The number of nitrogens with one attached hydrogen (secondary N) is 1. The average Bonchev–Trinajstić information content (AvgIpc) is 2.97. The van der Waals surface area contributed by atoms with Gasteiger partial charge in [0.15, 0.2) is 0 Å². The molecule has 2 aromatic rings. The Balaban J connectivity index is 2.17. The van der Waals surface area contributed by atoms with Gasteiger partial charge in [0.25, 0.3) is 5.56 Å². The van der Waals surface area contributed by atoms with E-state index in [2.05, 4.69) is 33.3 Å². The summed E-state index contributed by atoms with van der Waals surface area (Å²) in [7, 11) is 0. The van der Waals surface area contributed by atoms with Crippen molar-refractivity contribution in [3.63, 3.8) is 0 Å². The molecule has 1 N–H and O–H groups in total. The number of halogens is 1. The molecule has 0 saturated heterocycles. The first-order valence-corrected chi connectivity index (χ1v) is 7.48. The molecule has 1 unspecified atom stereocenters. The summed E-state index contributed by atoms with van der Waals surface area (Å²) in [5.41, 5.74) is 0.557. The van der Waals surface area contributed by atoms with Crippen LogP contribution in [-0.2, 0) is 6.54 Å². The molecule has 0 aliphatic carbocycles. The van der Waals surface area contributed by atoms with Gasteiger partial charge in [0, 0.05) is 6.54 Å². The first-order chi connectivity index (χ1) is 9.63.